The van der Waals surface area contributed by atoms with Crippen LogP contribution in [0.1, 0.15) is 31.0 Å². The standard InChI is InChI=1S/C14H14BrN3/c1-9(2)10-4-6-11(7-5-10)14-17-12(8-16)13(15)18(14)3/h4-7,9H,1-3H3. The van der Waals surface area contributed by atoms with Crippen molar-refractivity contribution in [2.24, 2.45) is 7.05 Å². The van der Waals surface area contributed by atoms with Crippen molar-refractivity contribution in [3.05, 3.63) is 40.1 Å². The van der Waals surface area contributed by atoms with Crippen LogP contribution in [0.2, 0.25) is 0 Å². The molecule has 0 atom stereocenters. The van der Waals surface area contributed by atoms with Gasteiger partial charge in [-0.25, -0.2) is 4.98 Å². The number of hydrogen-bond acceptors (Lipinski definition) is 2. The third-order valence-electron chi connectivity index (χ3n) is 2.97. The van der Waals surface area contributed by atoms with Crippen LogP contribution < -0.4 is 0 Å². The third kappa shape index (κ3) is 2.19. The fraction of sp³-hybridized carbons (Fsp3) is 0.286. The van der Waals surface area contributed by atoms with Gasteiger partial charge in [-0.2, -0.15) is 5.26 Å². The smallest absolute Gasteiger partial charge is 0.173 e. The van der Waals surface area contributed by atoms with Crippen molar-refractivity contribution in [1.82, 2.24) is 9.55 Å². The van der Waals surface area contributed by atoms with E-state index in [4.69, 9.17) is 5.26 Å². The first-order valence-corrected chi connectivity index (χ1v) is 6.56. The number of rotatable bonds is 2. The Morgan fingerprint density at radius 2 is 1.89 bits per heavy atom. The number of nitriles is 1. The van der Waals surface area contributed by atoms with E-state index in [-0.39, 0.29) is 0 Å². The Labute approximate surface area is 115 Å². The van der Waals surface area contributed by atoms with E-state index in [1.807, 2.05) is 23.7 Å². The lowest BCUT2D eigenvalue weighted by Crippen LogP contribution is -1.93. The zero-order valence-electron chi connectivity index (χ0n) is 10.6. The molecule has 0 saturated carbocycles. The lowest BCUT2D eigenvalue weighted by molar-refractivity contribution is 0.865. The van der Waals surface area contributed by atoms with Gasteiger partial charge in [-0.15, -0.1) is 0 Å². The van der Waals surface area contributed by atoms with Crippen LogP contribution in [0.4, 0.5) is 0 Å². The monoisotopic (exact) mass is 303 g/mol. The molecule has 0 unspecified atom stereocenters. The highest BCUT2D eigenvalue weighted by molar-refractivity contribution is 9.10. The Hall–Kier alpha value is -1.60. The van der Waals surface area contributed by atoms with E-state index in [9.17, 15) is 0 Å². The highest BCUT2D eigenvalue weighted by Crippen LogP contribution is 2.26. The maximum Gasteiger partial charge on any atom is 0.173 e. The number of aromatic nitrogens is 2. The molecule has 0 radical (unpaired) electrons. The van der Waals surface area contributed by atoms with Gasteiger partial charge < -0.3 is 4.57 Å². The minimum absolute atomic E-state index is 0.417. The van der Waals surface area contributed by atoms with Crippen LogP contribution in [0.5, 0.6) is 0 Å². The second-order valence-corrected chi connectivity index (χ2v) is 5.27. The fourth-order valence-electron chi connectivity index (χ4n) is 1.83. The van der Waals surface area contributed by atoms with E-state index in [2.05, 4.69) is 53.0 Å². The molecule has 0 amide bonds. The van der Waals surface area contributed by atoms with Gasteiger partial charge in [-0.1, -0.05) is 38.1 Å². The molecule has 1 aromatic carbocycles. The number of halogens is 1. The molecule has 2 rings (SSSR count). The van der Waals surface area contributed by atoms with E-state index < -0.39 is 0 Å². The summed E-state index contributed by atoms with van der Waals surface area (Å²) in [6, 6.07) is 10.4. The molecule has 0 N–H and O–H groups in total. The molecule has 0 spiro atoms. The summed E-state index contributed by atoms with van der Waals surface area (Å²) in [7, 11) is 1.89. The van der Waals surface area contributed by atoms with Crippen LogP contribution in [0.3, 0.4) is 0 Å². The first kappa shape index (κ1) is 12.8. The third-order valence-corrected chi connectivity index (χ3v) is 3.87. The van der Waals surface area contributed by atoms with Gasteiger partial charge in [-0.3, -0.25) is 0 Å². The quantitative estimate of drug-likeness (QED) is 0.845. The summed E-state index contributed by atoms with van der Waals surface area (Å²) in [6.07, 6.45) is 0. The molecule has 0 fully saturated rings. The van der Waals surface area contributed by atoms with Crippen molar-refractivity contribution in [3.8, 4) is 17.5 Å². The normalized spacial score (nSPS) is 10.7. The molecule has 92 valence electrons. The average Bonchev–Trinajstić information content (AvgIpc) is 2.66. The summed E-state index contributed by atoms with van der Waals surface area (Å²) in [5.41, 5.74) is 2.73. The summed E-state index contributed by atoms with van der Waals surface area (Å²) in [6.45, 7) is 4.33. The lowest BCUT2D eigenvalue weighted by Gasteiger charge is -2.07. The molecule has 3 nitrogen and oxygen atoms in total. The zero-order chi connectivity index (χ0) is 13.3. The number of hydrogen-bond donors (Lipinski definition) is 0. The SMILES string of the molecule is CC(C)c1ccc(-c2nc(C#N)c(Br)n2C)cc1. The van der Waals surface area contributed by atoms with Crippen LogP contribution in [-0.2, 0) is 7.05 Å². The molecule has 2 aromatic rings. The number of benzene rings is 1. The predicted octanol–water partition coefficient (Wildman–Crippen LogP) is 3.84. The largest absolute Gasteiger partial charge is 0.321 e. The van der Waals surface area contributed by atoms with Gasteiger partial charge in [0.1, 0.15) is 16.5 Å². The van der Waals surface area contributed by atoms with Gasteiger partial charge in [0.2, 0.25) is 0 Å². The second-order valence-electron chi connectivity index (χ2n) is 4.52. The molecular formula is C14H14BrN3. The van der Waals surface area contributed by atoms with Crippen molar-refractivity contribution >= 4 is 15.9 Å². The molecule has 4 heteroatoms. The lowest BCUT2D eigenvalue weighted by atomic mass is 10.0. The molecule has 0 aliphatic heterocycles. The molecule has 18 heavy (non-hydrogen) atoms. The maximum atomic E-state index is 8.96. The molecule has 1 aromatic heterocycles. The summed E-state index contributed by atoms with van der Waals surface area (Å²) in [5, 5.41) is 8.96. The van der Waals surface area contributed by atoms with E-state index in [1.165, 1.54) is 5.56 Å². The molecule has 0 saturated heterocycles. The van der Waals surface area contributed by atoms with Gasteiger partial charge in [0, 0.05) is 12.6 Å². The minimum Gasteiger partial charge on any atom is -0.321 e. The maximum absolute atomic E-state index is 8.96. The summed E-state index contributed by atoms with van der Waals surface area (Å²) >= 11 is 3.37. The fourth-order valence-corrected chi connectivity index (χ4v) is 2.17. The van der Waals surface area contributed by atoms with E-state index in [0.717, 1.165) is 11.4 Å². The minimum atomic E-state index is 0.417. The van der Waals surface area contributed by atoms with Gasteiger partial charge >= 0.3 is 0 Å². The Kier molecular flexibility index (Phi) is 3.53. The number of nitrogens with zero attached hydrogens (tertiary/aromatic N) is 3. The first-order chi connectivity index (χ1) is 8.54. The predicted molar refractivity (Wildman–Crippen MR) is 75.1 cm³/mol. The molecule has 0 aliphatic carbocycles. The highest BCUT2D eigenvalue weighted by atomic mass is 79.9. The highest BCUT2D eigenvalue weighted by Gasteiger charge is 2.13. The van der Waals surface area contributed by atoms with Crippen LogP contribution in [0.25, 0.3) is 11.4 Å². The van der Waals surface area contributed by atoms with Crippen molar-refractivity contribution in [1.29, 1.82) is 5.26 Å². The summed E-state index contributed by atoms with van der Waals surface area (Å²) in [5.74, 6) is 1.32. The van der Waals surface area contributed by atoms with Gasteiger partial charge in [0.25, 0.3) is 0 Å². The Balaban J connectivity index is 2.47. The molecule has 1 heterocycles. The average molecular weight is 304 g/mol. The van der Waals surface area contributed by atoms with Crippen LogP contribution >= 0.6 is 15.9 Å². The van der Waals surface area contributed by atoms with Crippen molar-refractivity contribution < 1.29 is 0 Å². The topological polar surface area (TPSA) is 41.6 Å². The van der Waals surface area contributed by atoms with Gasteiger partial charge in [0.05, 0.1) is 0 Å². The van der Waals surface area contributed by atoms with E-state index >= 15 is 0 Å². The summed E-state index contributed by atoms with van der Waals surface area (Å²) < 4.78 is 2.59. The Morgan fingerprint density at radius 1 is 1.28 bits per heavy atom. The van der Waals surface area contributed by atoms with E-state index in [0.29, 0.717) is 16.2 Å². The molecular weight excluding hydrogens is 290 g/mol. The second kappa shape index (κ2) is 4.95. The molecule has 0 aliphatic rings. The van der Waals surface area contributed by atoms with Crippen LogP contribution in [0, 0.1) is 11.3 Å². The van der Waals surface area contributed by atoms with Crippen molar-refractivity contribution in [3.63, 3.8) is 0 Å². The first-order valence-electron chi connectivity index (χ1n) is 5.77. The van der Waals surface area contributed by atoms with Crippen LogP contribution in [0.15, 0.2) is 28.9 Å². The number of imidazole rings is 1. The van der Waals surface area contributed by atoms with E-state index in [1.54, 1.807) is 0 Å². The molecule has 0 bridgehead atoms. The van der Waals surface area contributed by atoms with Gasteiger partial charge in [-0.05, 0) is 27.4 Å². The van der Waals surface area contributed by atoms with Crippen LogP contribution in [-0.4, -0.2) is 9.55 Å². The van der Waals surface area contributed by atoms with Crippen molar-refractivity contribution in [2.45, 2.75) is 19.8 Å². The zero-order valence-corrected chi connectivity index (χ0v) is 12.2. The summed E-state index contributed by atoms with van der Waals surface area (Å²) in [4.78, 5) is 4.33. The van der Waals surface area contributed by atoms with Crippen molar-refractivity contribution in [2.75, 3.05) is 0 Å². The Morgan fingerprint density at radius 3 is 2.33 bits per heavy atom. The Bertz CT molecular complexity index is 603. The van der Waals surface area contributed by atoms with Gasteiger partial charge in [0.15, 0.2) is 5.69 Å².